The molecule has 1 rings (SSSR count). The fourth-order valence-corrected chi connectivity index (χ4v) is 0.256. The molecule has 0 atom stereocenters. The van der Waals surface area contributed by atoms with Crippen molar-refractivity contribution in [3.05, 3.63) is 29.4 Å². The number of hydrogen-bond acceptors (Lipinski definition) is 4. The van der Waals surface area contributed by atoms with E-state index in [2.05, 4.69) is 14.6 Å². The van der Waals surface area contributed by atoms with Gasteiger partial charge in [0.25, 0.3) is 0 Å². The lowest BCUT2D eigenvalue weighted by molar-refractivity contribution is 0.462. The van der Waals surface area contributed by atoms with E-state index < -0.39 is 5.76 Å². The van der Waals surface area contributed by atoms with Gasteiger partial charge in [-0.15, -0.1) is 5.10 Å². The maximum atomic E-state index is 10.0. The van der Waals surface area contributed by atoms with Gasteiger partial charge in [-0.05, 0) is 0 Å². The Balaban J connectivity index is 3.22. The Labute approximate surface area is 45.2 Å². The van der Waals surface area contributed by atoms with E-state index in [0.29, 0.717) is 0 Å². The summed E-state index contributed by atoms with van der Waals surface area (Å²) >= 11 is 0. The van der Waals surface area contributed by atoms with Crippen LogP contribution in [0.1, 0.15) is 5.69 Å². The first-order chi connectivity index (χ1) is 3.79. The third kappa shape index (κ3) is 0.900. The molecule has 4 nitrogen and oxygen atoms in total. The van der Waals surface area contributed by atoms with Crippen LogP contribution in [0.25, 0.3) is 0 Å². The SMILES string of the molecule is [CH]c1coc(=O)nn1. The first kappa shape index (κ1) is 4.96. The molecular weight excluding hydrogens is 108 g/mol. The summed E-state index contributed by atoms with van der Waals surface area (Å²) < 4.78 is 4.20. The van der Waals surface area contributed by atoms with Crippen LogP contribution in [0, 0.1) is 6.92 Å². The molecule has 0 fully saturated rings. The molecule has 4 heteroatoms. The van der Waals surface area contributed by atoms with Crippen molar-refractivity contribution in [2.45, 2.75) is 0 Å². The average Bonchev–Trinajstić information content (AvgIpc) is 1.77. The molecule has 8 heavy (non-hydrogen) atoms. The first-order valence-corrected chi connectivity index (χ1v) is 1.87. The monoisotopic (exact) mass is 110 g/mol. The summed E-state index contributed by atoms with van der Waals surface area (Å²) in [7, 11) is 0. The molecule has 0 amide bonds. The molecular formula is C4H2N2O2. The third-order valence-corrected chi connectivity index (χ3v) is 0.528. The molecule has 1 heterocycles. The Kier molecular flexibility index (Phi) is 1.07. The molecule has 0 N–H and O–H groups in total. The lowest BCUT2D eigenvalue weighted by atomic mass is 10.6. The van der Waals surface area contributed by atoms with Crippen LogP contribution in [0.2, 0.25) is 0 Å². The van der Waals surface area contributed by atoms with E-state index in [1.165, 1.54) is 0 Å². The highest BCUT2D eigenvalue weighted by atomic mass is 16.4. The highest BCUT2D eigenvalue weighted by Crippen LogP contribution is 1.78. The van der Waals surface area contributed by atoms with Gasteiger partial charge < -0.3 is 4.42 Å². The van der Waals surface area contributed by atoms with Crippen molar-refractivity contribution in [2.75, 3.05) is 0 Å². The summed E-state index contributed by atoms with van der Waals surface area (Å²) in [5.74, 6) is -0.737. The summed E-state index contributed by atoms with van der Waals surface area (Å²) in [5.41, 5.74) is 0.101. The quantitative estimate of drug-likeness (QED) is 0.451. The largest absolute Gasteiger partial charge is 0.457 e. The molecule has 1 aromatic rings. The van der Waals surface area contributed by atoms with E-state index in [4.69, 9.17) is 6.92 Å². The molecule has 0 bridgehead atoms. The summed E-state index contributed by atoms with van der Waals surface area (Å²) in [6.45, 7) is 5.02. The second-order valence-electron chi connectivity index (χ2n) is 1.13. The fourth-order valence-electron chi connectivity index (χ4n) is 0.256. The predicted octanol–water partition coefficient (Wildman–Crippen LogP) is -0.511. The van der Waals surface area contributed by atoms with Crippen LogP contribution in [0.3, 0.4) is 0 Å². The van der Waals surface area contributed by atoms with Gasteiger partial charge in [0.1, 0.15) is 12.0 Å². The number of rotatable bonds is 0. The number of nitrogens with zero attached hydrogens (tertiary/aromatic N) is 2. The van der Waals surface area contributed by atoms with Gasteiger partial charge in [-0.3, -0.25) is 0 Å². The van der Waals surface area contributed by atoms with E-state index in [9.17, 15) is 4.79 Å². The molecule has 0 saturated heterocycles. The molecule has 0 saturated carbocycles. The molecule has 0 aliphatic rings. The highest BCUT2D eigenvalue weighted by molar-refractivity contribution is 4.90. The molecule has 0 aliphatic carbocycles. The summed E-state index contributed by atoms with van der Waals surface area (Å²) in [6.07, 6.45) is 1.04. The Morgan fingerprint density at radius 3 is 2.75 bits per heavy atom. The van der Waals surface area contributed by atoms with Gasteiger partial charge in [-0.25, -0.2) is 4.79 Å². The van der Waals surface area contributed by atoms with Gasteiger partial charge in [-0.2, -0.15) is 0 Å². The fraction of sp³-hybridized carbons (Fsp3) is 0. The lowest BCUT2D eigenvalue weighted by Crippen LogP contribution is -2.05. The lowest BCUT2D eigenvalue weighted by Gasteiger charge is -1.79. The Bertz CT molecular complexity index is 209. The molecule has 0 unspecified atom stereocenters. The Morgan fingerprint density at radius 2 is 2.38 bits per heavy atom. The minimum Gasteiger partial charge on any atom is -0.414 e. The molecule has 1 aromatic heterocycles. The smallest absolute Gasteiger partial charge is 0.414 e. The zero-order valence-electron chi connectivity index (χ0n) is 3.87. The van der Waals surface area contributed by atoms with E-state index >= 15 is 0 Å². The van der Waals surface area contributed by atoms with Gasteiger partial charge in [0, 0.05) is 6.92 Å². The van der Waals surface area contributed by atoms with Crippen molar-refractivity contribution in [2.24, 2.45) is 0 Å². The van der Waals surface area contributed by atoms with Gasteiger partial charge in [0.2, 0.25) is 0 Å². The van der Waals surface area contributed by atoms with Gasteiger partial charge in [0.15, 0.2) is 0 Å². The van der Waals surface area contributed by atoms with Crippen LogP contribution in [0.15, 0.2) is 15.5 Å². The number of hydrogen-bond donors (Lipinski definition) is 0. The maximum absolute atomic E-state index is 10.0. The minimum absolute atomic E-state index is 0.101. The van der Waals surface area contributed by atoms with Crippen LogP contribution in [-0.4, -0.2) is 10.2 Å². The molecule has 0 aromatic carbocycles. The summed E-state index contributed by atoms with van der Waals surface area (Å²) in [5, 5.41) is 6.18. The molecule has 40 valence electrons. The van der Waals surface area contributed by atoms with Crippen LogP contribution < -0.4 is 5.76 Å². The minimum atomic E-state index is -0.737. The van der Waals surface area contributed by atoms with E-state index in [0.717, 1.165) is 6.26 Å². The molecule has 2 radical (unpaired) electrons. The van der Waals surface area contributed by atoms with Crippen LogP contribution in [0.5, 0.6) is 0 Å². The Morgan fingerprint density at radius 1 is 1.62 bits per heavy atom. The van der Waals surface area contributed by atoms with E-state index in [1.807, 2.05) is 0 Å². The predicted molar refractivity (Wildman–Crippen MR) is 24.0 cm³/mol. The second kappa shape index (κ2) is 1.73. The second-order valence-corrected chi connectivity index (χ2v) is 1.13. The van der Waals surface area contributed by atoms with Crippen molar-refractivity contribution < 1.29 is 4.42 Å². The van der Waals surface area contributed by atoms with Crippen molar-refractivity contribution in [3.8, 4) is 0 Å². The zero-order chi connectivity index (χ0) is 5.98. The standard InChI is InChI=1S/C4H2N2O2/c1-3-2-8-4(7)6-5-3/h1-2H. The van der Waals surface area contributed by atoms with Gasteiger partial charge >= 0.3 is 5.76 Å². The average molecular weight is 110 g/mol. The van der Waals surface area contributed by atoms with Gasteiger partial charge in [-0.1, -0.05) is 5.10 Å². The van der Waals surface area contributed by atoms with E-state index in [-0.39, 0.29) is 5.69 Å². The Hall–Kier alpha value is -1.19. The number of aromatic nitrogens is 2. The zero-order valence-corrected chi connectivity index (χ0v) is 3.87. The summed E-state index contributed by atoms with van der Waals surface area (Å²) in [4.78, 5) is 10.0. The highest BCUT2D eigenvalue weighted by Gasteiger charge is 1.85. The van der Waals surface area contributed by atoms with E-state index in [1.54, 1.807) is 0 Å². The van der Waals surface area contributed by atoms with Crippen LogP contribution in [0.4, 0.5) is 0 Å². The topological polar surface area (TPSA) is 56.0 Å². The van der Waals surface area contributed by atoms with Crippen molar-refractivity contribution in [1.82, 2.24) is 10.2 Å². The van der Waals surface area contributed by atoms with Crippen molar-refractivity contribution in [3.63, 3.8) is 0 Å². The first-order valence-electron chi connectivity index (χ1n) is 1.87. The van der Waals surface area contributed by atoms with Crippen molar-refractivity contribution >= 4 is 0 Å². The molecule has 0 spiro atoms. The van der Waals surface area contributed by atoms with Crippen molar-refractivity contribution in [1.29, 1.82) is 0 Å². The normalized spacial score (nSPS) is 9.12. The summed E-state index contributed by atoms with van der Waals surface area (Å²) in [6, 6.07) is 0. The van der Waals surface area contributed by atoms with Crippen LogP contribution >= 0.6 is 0 Å². The third-order valence-electron chi connectivity index (χ3n) is 0.528. The molecule has 0 aliphatic heterocycles. The maximum Gasteiger partial charge on any atom is 0.457 e. The van der Waals surface area contributed by atoms with Crippen LogP contribution in [-0.2, 0) is 0 Å². The van der Waals surface area contributed by atoms with Gasteiger partial charge in [0.05, 0.1) is 0 Å².